The van der Waals surface area contributed by atoms with Gasteiger partial charge in [-0.05, 0) is 49.4 Å². The van der Waals surface area contributed by atoms with Gasteiger partial charge < -0.3 is 18.8 Å². The molecule has 3 aromatic rings. The normalized spacial score (nSPS) is 12.6. The van der Waals surface area contributed by atoms with E-state index in [1.807, 2.05) is 29.7 Å². The molecule has 0 aliphatic rings. The number of nitrogens with zero attached hydrogens (tertiary/aromatic N) is 3. The highest BCUT2D eigenvalue weighted by Gasteiger charge is 2.24. The molecule has 0 N–H and O–H groups in total. The van der Waals surface area contributed by atoms with Gasteiger partial charge in [-0.15, -0.1) is 0 Å². The fourth-order valence-corrected chi connectivity index (χ4v) is 5.91. The first-order valence-corrected chi connectivity index (χ1v) is 13.0. The van der Waals surface area contributed by atoms with Crippen LogP contribution in [-0.2, 0) is 26.0 Å². The summed E-state index contributed by atoms with van der Waals surface area (Å²) >= 11 is 1.40. The summed E-state index contributed by atoms with van der Waals surface area (Å²) in [5.41, 5.74) is 1.27. The lowest BCUT2D eigenvalue weighted by Crippen LogP contribution is -2.36. The number of thiazole rings is 1. The summed E-state index contributed by atoms with van der Waals surface area (Å²) in [6.45, 7) is 3.55. The van der Waals surface area contributed by atoms with Crippen molar-refractivity contribution in [3.8, 4) is 5.75 Å². The van der Waals surface area contributed by atoms with E-state index >= 15 is 0 Å². The van der Waals surface area contributed by atoms with Crippen molar-refractivity contribution in [3.63, 3.8) is 0 Å². The molecule has 3 rings (SSSR count). The topological polar surface area (TPSA) is 99.4 Å². The molecule has 0 saturated carbocycles. The van der Waals surface area contributed by atoms with Gasteiger partial charge in [0, 0.05) is 39.4 Å². The standard InChI is InChI=1S/C23H29N3O6S2/c1-5-26-20-11-8-18(32-4)16-21(20)33-23(26)24-22(27)17-6-9-19(10-7-17)34(28,29)25(12-14-30-2)13-15-31-3/h6-11,16H,5,12-15H2,1-4H3. The second kappa shape index (κ2) is 11.7. The van der Waals surface area contributed by atoms with Crippen LogP contribution in [0.4, 0.5) is 0 Å². The van der Waals surface area contributed by atoms with E-state index in [9.17, 15) is 13.2 Å². The Morgan fingerprint density at radius 3 is 2.24 bits per heavy atom. The lowest BCUT2D eigenvalue weighted by Gasteiger charge is -2.21. The average Bonchev–Trinajstić information content (AvgIpc) is 3.19. The van der Waals surface area contributed by atoms with E-state index in [1.165, 1.54) is 54.1 Å². The summed E-state index contributed by atoms with van der Waals surface area (Å²) in [6, 6.07) is 11.5. The van der Waals surface area contributed by atoms with Crippen LogP contribution in [-0.4, -0.2) is 70.8 Å². The molecule has 0 fully saturated rings. The summed E-state index contributed by atoms with van der Waals surface area (Å²) in [4.78, 5) is 17.8. The monoisotopic (exact) mass is 507 g/mol. The van der Waals surface area contributed by atoms with E-state index < -0.39 is 15.9 Å². The van der Waals surface area contributed by atoms with Crippen molar-refractivity contribution in [2.45, 2.75) is 18.4 Å². The van der Waals surface area contributed by atoms with Crippen LogP contribution >= 0.6 is 11.3 Å². The van der Waals surface area contributed by atoms with Crippen LogP contribution in [0.3, 0.4) is 0 Å². The molecule has 11 heteroatoms. The third kappa shape index (κ3) is 5.73. The molecule has 2 aromatic carbocycles. The van der Waals surface area contributed by atoms with Gasteiger partial charge in [0.15, 0.2) is 4.80 Å². The number of hydrogen-bond donors (Lipinski definition) is 0. The fraction of sp³-hybridized carbons (Fsp3) is 0.391. The Morgan fingerprint density at radius 2 is 1.68 bits per heavy atom. The first kappa shape index (κ1) is 26.0. The predicted octanol–water partition coefficient (Wildman–Crippen LogP) is 2.76. The number of methoxy groups -OCH3 is 3. The largest absolute Gasteiger partial charge is 0.497 e. The van der Waals surface area contributed by atoms with Crippen LogP contribution in [0.2, 0.25) is 0 Å². The summed E-state index contributed by atoms with van der Waals surface area (Å²) in [5.74, 6) is 0.289. The maximum atomic E-state index is 13.0. The number of fused-ring (bicyclic) bond motifs is 1. The number of benzene rings is 2. The zero-order chi connectivity index (χ0) is 24.7. The van der Waals surface area contributed by atoms with Gasteiger partial charge in [-0.25, -0.2) is 8.42 Å². The Labute approximate surface area is 203 Å². The van der Waals surface area contributed by atoms with Crippen LogP contribution in [0.25, 0.3) is 10.2 Å². The summed E-state index contributed by atoms with van der Waals surface area (Å²) in [6.07, 6.45) is 0. The lowest BCUT2D eigenvalue weighted by atomic mass is 10.2. The van der Waals surface area contributed by atoms with Crippen molar-refractivity contribution in [2.24, 2.45) is 4.99 Å². The first-order valence-electron chi connectivity index (χ1n) is 10.7. The second-order valence-electron chi connectivity index (χ2n) is 7.29. The maximum absolute atomic E-state index is 13.0. The van der Waals surface area contributed by atoms with Crippen LogP contribution < -0.4 is 9.54 Å². The van der Waals surface area contributed by atoms with Gasteiger partial charge in [0.25, 0.3) is 5.91 Å². The highest BCUT2D eigenvalue weighted by Crippen LogP contribution is 2.23. The Kier molecular flexibility index (Phi) is 8.97. The molecule has 1 aromatic heterocycles. The smallest absolute Gasteiger partial charge is 0.279 e. The number of carbonyl (C=O) groups excluding carboxylic acids is 1. The fourth-order valence-electron chi connectivity index (χ4n) is 3.38. The molecular formula is C23H29N3O6S2. The third-order valence-electron chi connectivity index (χ3n) is 5.23. The molecule has 184 valence electrons. The maximum Gasteiger partial charge on any atom is 0.279 e. The molecule has 0 bridgehead atoms. The van der Waals surface area contributed by atoms with E-state index in [0.717, 1.165) is 16.0 Å². The Hall–Kier alpha value is -2.57. The summed E-state index contributed by atoms with van der Waals surface area (Å²) in [7, 11) is 0.871. The number of aromatic nitrogens is 1. The van der Waals surface area contributed by atoms with Gasteiger partial charge in [-0.3, -0.25) is 4.79 Å². The van der Waals surface area contributed by atoms with E-state index in [4.69, 9.17) is 14.2 Å². The summed E-state index contributed by atoms with van der Waals surface area (Å²) < 4.78 is 45.7. The van der Waals surface area contributed by atoms with Gasteiger partial charge in [-0.2, -0.15) is 9.30 Å². The average molecular weight is 508 g/mol. The second-order valence-corrected chi connectivity index (χ2v) is 10.2. The van der Waals surface area contributed by atoms with Gasteiger partial charge in [0.2, 0.25) is 10.0 Å². The molecule has 34 heavy (non-hydrogen) atoms. The molecular weight excluding hydrogens is 478 g/mol. The Morgan fingerprint density at radius 1 is 1.03 bits per heavy atom. The molecule has 1 amide bonds. The number of aryl methyl sites for hydroxylation is 1. The minimum Gasteiger partial charge on any atom is -0.497 e. The van der Waals surface area contributed by atoms with E-state index in [0.29, 0.717) is 16.9 Å². The molecule has 0 unspecified atom stereocenters. The molecule has 9 nitrogen and oxygen atoms in total. The summed E-state index contributed by atoms with van der Waals surface area (Å²) in [5, 5.41) is 0. The van der Waals surface area contributed by atoms with Crippen molar-refractivity contribution in [2.75, 3.05) is 47.6 Å². The highest BCUT2D eigenvalue weighted by atomic mass is 32.2. The number of carbonyl (C=O) groups is 1. The Bertz CT molecular complexity index is 1290. The molecule has 0 aliphatic heterocycles. The SMILES string of the molecule is CCn1c(=NC(=O)c2ccc(S(=O)(=O)N(CCOC)CCOC)cc2)sc2cc(OC)ccc21. The van der Waals surface area contributed by atoms with Crippen molar-refractivity contribution in [1.29, 1.82) is 0 Å². The number of ether oxygens (including phenoxy) is 3. The van der Waals surface area contributed by atoms with Crippen molar-refractivity contribution >= 4 is 37.5 Å². The number of hydrogen-bond acceptors (Lipinski definition) is 7. The van der Waals surface area contributed by atoms with Crippen molar-refractivity contribution < 1.29 is 27.4 Å². The third-order valence-corrected chi connectivity index (χ3v) is 8.19. The zero-order valence-electron chi connectivity index (χ0n) is 19.7. The van der Waals surface area contributed by atoms with Crippen molar-refractivity contribution in [1.82, 2.24) is 8.87 Å². The van der Waals surface area contributed by atoms with Crippen LogP contribution in [0.15, 0.2) is 52.4 Å². The molecule has 1 heterocycles. The molecule has 0 spiro atoms. The molecule has 0 aliphatic carbocycles. The highest BCUT2D eigenvalue weighted by molar-refractivity contribution is 7.89. The van der Waals surface area contributed by atoms with E-state index in [-0.39, 0.29) is 31.2 Å². The molecule has 0 saturated heterocycles. The van der Waals surface area contributed by atoms with Crippen LogP contribution in [0.5, 0.6) is 5.75 Å². The zero-order valence-corrected chi connectivity index (χ0v) is 21.3. The first-order chi connectivity index (χ1) is 16.3. The van der Waals surface area contributed by atoms with E-state index in [1.54, 1.807) is 7.11 Å². The minimum absolute atomic E-state index is 0.0915. The van der Waals surface area contributed by atoms with Gasteiger partial charge >= 0.3 is 0 Å². The predicted molar refractivity (Wildman–Crippen MR) is 131 cm³/mol. The molecule has 0 radical (unpaired) electrons. The van der Waals surface area contributed by atoms with Crippen LogP contribution in [0, 0.1) is 0 Å². The molecule has 0 atom stereocenters. The van der Waals surface area contributed by atoms with Crippen molar-refractivity contribution in [3.05, 3.63) is 52.8 Å². The van der Waals surface area contributed by atoms with Crippen LogP contribution in [0.1, 0.15) is 17.3 Å². The number of sulfonamides is 1. The minimum atomic E-state index is -3.76. The number of amides is 1. The lowest BCUT2D eigenvalue weighted by molar-refractivity contribution is 0.0997. The van der Waals surface area contributed by atoms with Gasteiger partial charge in [-0.1, -0.05) is 11.3 Å². The number of rotatable bonds is 11. The van der Waals surface area contributed by atoms with E-state index in [2.05, 4.69) is 4.99 Å². The Balaban J connectivity index is 1.89. The van der Waals surface area contributed by atoms with Gasteiger partial charge in [0.1, 0.15) is 5.75 Å². The quantitative estimate of drug-likeness (QED) is 0.396. The van der Waals surface area contributed by atoms with Gasteiger partial charge in [0.05, 0.1) is 35.4 Å².